The third kappa shape index (κ3) is 2.78. The summed E-state index contributed by atoms with van der Waals surface area (Å²) in [5.41, 5.74) is 11.0. The fourth-order valence-corrected chi connectivity index (χ4v) is 3.34. The molecule has 5 rings (SSSR count). The highest BCUT2D eigenvalue weighted by molar-refractivity contribution is 6.30. The summed E-state index contributed by atoms with van der Waals surface area (Å²) in [7, 11) is 0. The van der Waals surface area contributed by atoms with Gasteiger partial charge in [0.2, 0.25) is 0 Å². The van der Waals surface area contributed by atoms with Gasteiger partial charge in [0.05, 0.1) is 22.9 Å². The topological polar surface area (TPSA) is 69.1 Å². The van der Waals surface area contributed by atoms with E-state index >= 15 is 0 Å². The van der Waals surface area contributed by atoms with Crippen LogP contribution in [0.5, 0.6) is 0 Å². The van der Waals surface area contributed by atoms with Crippen LogP contribution in [0.25, 0.3) is 39.2 Å². The molecule has 0 saturated carbocycles. The fourth-order valence-electron chi connectivity index (χ4n) is 3.15. The average molecular weight is 372 g/mol. The Morgan fingerprint density at radius 2 is 1.85 bits per heavy atom. The predicted octanol–water partition coefficient (Wildman–Crippen LogP) is 4.85. The molecule has 2 aromatic carbocycles. The van der Waals surface area contributed by atoms with Crippen molar-refractivity contribution in [1.82, 2.24) is 19.6 Å². The molecular weight excluding hydrogens is 358 g/mol. The number of nitrogens with two attached hydrogens (primary N) is 1. The lowest BCUT2D eigenvalue weighted by Crippen LogP contribution is -2.00. The third-order valence-electron chi connectivity index (χ3n) is 4.46. The number of benzene rings is 2. The van der Waals surface area contributed by atoms with Crippen molar-refractivity contribution < 1.29 is 0 Å². The number of halogens is 1. The van der Waals surface area contributed by atoms with E-state index in [0.29, 0.717) is 22.2 Å². The van der Waals surface area contributed by atoms with Gasteiger partial charge in [0.1, 0.15) is 5.69 Å². The molecular formula is C21H14ClN5. The quantitative estimate of drug-likeness (QED) is 0.450. The molecule has 6 heteroatoms. The number of anilines is 1. The van der Waals surface area contributed by atoms with Gasteiger partial charge in [0.15, 0.2) is 5.82 Å². The minimum absolute atomic E-state index is 0.556. The molecule has 0 fully saturated rings. The van der Waals surface area contributed by atoms with E-state index in [9.17, 15) is 0 Å². The van der Waals surface area contributed by atoms with E-state index in [4.69, 9.17) is 22.4 Å². The minimum atomic E-state index is 0.556. The van der Waals surface area contributed by atoms with Gasteiger partial charge in [-0.2, -0.15) is 0 Å². The van der Waals surface area contributed by atoms with Gasteiger partial charge in [-0.1, -0.05) is 29.8 Å². The van der Waals surface area contributed by atoms with E-state index in [-0.39, 0.29) is 0 Å². The summed E-state index contributed by atoms with van der Waals surface area (Å²) in [5.74, 6) is 0.556. The molecule has 130 valence electrons. The van der Waals surface area contributed by atoms with Gasteiger partial charge in [0.25, 0.3) is 0 Å². The summed E-state index contributed by atoms with van der Waals surface area (Å²) < 4.78 is 1.86. The van der Waals surface area contributed by atoms with Gasteiger partial charge in [0, 0.05) is 21.7 Å². The smallest absolute Gasteiger partial charge is 0.198 e. The molecule has 27 heavy (non-hydrogen) atoms. The van der Waals surface area contributed by atoms with Crippen LogP contribution < -0.4 is 5.73 Å². The molecule has 0 spiro atoms. The molecule has 0 unspecified atom stereocenters. The first kappa shape index (κ1) is 15.8. The molecule has 0 aliphatic rings. The monoisotopic (exact) mass is 371 g/mol. The standard InChI is InChI=1S/C21H14ClN5/c22-15-3-1-2-14(10-15)20-9-6-17-12-24-21(26-27(17)20)19-7-4-13-11-16(23)5-8-18(13)25-19/h1-12H,23H2. The fraction of sp³-hybridized carbons (Fsp3) is 0. The predicted molar refractivity (Wildman–Crippen MR) is 109 cm³/mol. The molecule has 0 amide bonds. The van der Waals surface area contributed by atoms with Crippen molar-refractivity contribution in [1.29, 1.82) is 0 Å². The van der Waals surface area contributed by atoms with E-state index in [1.54, 1.807) is 6.20 Å². The van der Waals surface area contributed by atoms with Crippen molar-refractivity contribution >= 4 is 33.7 Å². The summed E-state index contributed by atoms with van der Waals surface area (Å²) >= 11 is 6.15. The number of nitrogens with zero attached hydrogens (tertiary/aromatic N) is 4. The van der Waals surface area contributed by atoms with Gasteiger partial charge in [-0.05, 0) is 48.5 Å². The zero-order valence-corrected chi connectivity index (χ0v) is 14.9. The first-order valence-electron chi connectivity index (χ1n) is 8.45. The number of pyridine rings is 1. The van der Waals surface area contributed by atoms with E-state index in [1.807, 2.05) is 71.2 Å². The third-order valence-corrected chi connectivity index (χ3v) is 4.70. The lowest BCUT2D eigenvalue weighted by atomic mass is 10.1. The van der Waals surface area contributed by atoms with Gasteiger partial charge in [-0.3, -0.25) is 0 Å². The van der Waals surface area contributed by atoms with E-state index in [2.05, 4.69) is 9.97 Å². The Morgan fingerprint density at radius 3 is 2.74 bits per heavy atom. The largest absolute Gasteiger partial charge is 0.399 e. The maximum Gasteiger partial charge on any atom is 0.198 e. The number of hydrogen-bond donors (Lipinski definition) is 1. The average Bonchev–Trinajstić information content (AvgIpc) is 3.11. The first-order valence-corrected chi connectivity index (χ1v) is 8.82. The Labute approximate surface area is 160 Å². The second-order valence-electron chi connectivity index (χ2n) is 6.30. The normalized spacial score (nSPS) is 11.3. The minimum Gasteiger partial charge on any atom is -0.399 e. The Balaban J connectivity index is 1.66. The summed E-state index contributed by atoms with van der Waals surface area (Å²) in [5, 5.41) is 6.38. The van der Waals surface area contributed by atoms with Crippen molar-refractivity contribution in [2.75, 3.05) is 5.73 Å². The Bertz CT molecular complexity index is 1310. The van der Waals surface area contributed by atoms with Gasteiger partial charge < -0.3 is 5.73 Å². The van der Waals surface area contributed by atoms with Crippen molar-refractivity contribution in [3.63, 3.8) is 0 Å². The molecule has 3 heterocycles. The Hall–Kier alpha value is -3.44. The summed E-state index contributed by atoms with van der Waals surface area (Å²) in [6, 6.07) is 21.2. The van der Waals surface area contributed by atoms with Crippen LogP contribution in [0.3, 0.4) is 0 Å². The Morgan fingerprint density at radius 1 is 0.926 bits per heavy atom. The number of fused-ring (bicyclic) bond motifs is 2. The van der Waals surface area contributed by atoms with Crippen LogP contribution >= 0.6 is 11.6 Å². The van der Waals surface area contributed by atoms with E-state index in [0.717, 1.165) is 27.7 Å². The van der Waals surface area contributed by atoms with Gasteiger partial charge >= 0.3 is 0 Å². The second-order valence-corrected chi connectivity index (χ2v) is 6.73. The summed E-state index contributed by atoms with van der Waals surface area (Å²) in [6.07, 6.45) is 1.80. The lowest BCUT2D eigenvalue weighted by Gasteiger charge is -2.06. The molecule has 2 N–H and O–H groups in total. The second kappa shape index (κ2) is 6.07. The van der Waals surface area contributed by atoms with Crippen LogP contribution in [0, 0.1) is 0 Å². The van der Waals surface area contributed by atoms with Crippen molar-refractivity contribution in [2.45, 2.75) is 0 Å². The van der Waals surface area contributed by atoms with E-state index in [1.165, 1.54) is 0 Å². The number of nitrogen functional groups attached to an aromatic ring is 1. The molecule has 5 nitrogen and oxygen atoms in total. The zero-order valence-electron chi connectivity index (χ0n) is 14.2. The molecule has 0 radical (unpaired) electrons. The van der Waals surface area contributed by atoms with Crippen LogP contribution in [0.4, 0.5) is 5.69 Å². The molecule has 0 atom stereocenters. The first-order chi connectivity index (χ1) is 13.2. The van der Waals surface area contributed by atoms with Crippen molar-refractivity contribution in [3.05, 3.63) is 77.9 Å². The van der Waals surface area contributed by atoms with Gasteiger partial charge in [-0.15, -0.1) is 5.10 Å². The molecule has 0 saturated heterocycles. The highest BCUT2D eigenvalue weighted by atomic mass is 35.5. The number of rotatable bonds is 2. The highest BCUT2D eigenvalue weighted by Crippen LogP contribution is 2.26. The van der Waals surface area contributed by atoms with Crippen LogP contribution in [0.1, 0.15) is 0 Å². The van der Waals surface area contributed by atoms with Crippen LogP contribution in [0.15, 0.2) is 72.9 Å². The van der Waals surface area contributed by atoms with Gasteiger partial charge in [-0.25, -0.2) is 14.5 Å². The van der Waals surface area contributed by atoms with Crippen molar-refractivity contribution in [3.8, 4) is 22.8 Å². The summed E-state index contributed by atoms with van der Waals surface area (Å²) in [4.78, 5) is 9.16. The van der Waals surface area contributed by atoms with E-state index < -0.39 is 0 Å². The van der Waals surface area contributed by atoms with Crippen LogP contribution in [-0.2, 0) is 0 Å². The highest BCUT2D eigenvalue weighted by Gasteiger charge is 2.10. The number of hydrogen-bond acceptors (Lipinski definition) is 4. The maximum atomic E-state index is 6.15. The molecule has 0 bridgehead atoms. The number of aromatic nitrogens is 4. The molecule has 0 aliphatic heterocycles. The SMILES string of the molecule is Nc1ccc2nc(-c3ncc4ccc(-c5cccc(Cl)c5)n4n3)ccc2c1. The van der Waals surface area contributed by atoms with Crippen LogP contribution in [0.2, 0.25) is 5.02 Å². The molecule has 0 aliphatic carbocycles. The summed E-state index contributed by atoms with van der Waals surface area (Å²) in [6.45, 7) is 0. The Kier molecular flexibility index (Phi) is 3.55. The lowest BCUT2D eigenvalue weighted by molar-refractivity contribution is 0.915. The molecule has 3 aromatic heterocycles. The van der Waals surface area contributed by atoms with Crippen molar-refractivity contribution in [2.24, 2.45) is 0 Å². The zero-order chi connectivity index (χ0) is 18.4. The maximum absolute atomic E-state index is 6.15. The van der Waals surface area contributed by atoms with Crippen LogP contribution in [-0.4, -0.2) is 19.6 Å². The molecule has 5 aromatic rings.